The fourth-order valence-corrected chi connectivity index (χ4v) is 2.02. The van der Waals surface area contributed by atoms with Crippen LogP contribution in [0.1, 0.15) is 18.2 Å². The number of aromatic hydroxyl groups is 1. The number of hydrogen-bond acceptors (Lipinski definition) is 5. The zero-order valence-corrected chi connectivity index (χ0v) is 13.1. The maximum Gasteiger partial charge on any atom is 0.348 e. The van der Waals surface area contributed by atoms with Crippen molar-refractivity contribution in [2.45, 2.75) is 13.8 Å². The Bertz CT molecular complexity index is 705. The standard InChI is InChI=1S/C14H13IN2O3/c1-8-7-12(18)13(14(19)20-8)9(2)16-17-11-5-3-10(15)4-6-11/h3-7,17-18H,1-2H3/b16-9+. The number of halogens is 1. The predicted octanol–water partition coefficient (Wildman–Crippen LogP) is 3.09. The van der Waals surface area contributed by atoms with E-state index in [9.17, 15) is 9.90 Å². The van der Waals surface area contributed by atoms with Gasteiger partial charge in [0.25, 0.3) is 0 Å². The van der Waals surface area contributed by atoms with Crippen molar-refractivity contribution < 1.29 is 9.52 Å². The minimum atomic E-state index is -0.604. The molecule has 0 bridgehead atoms. The molecule has 0 aliphatic carbocycles. The van der Waals surface area contributed by atoms with Gasteiger partial charge in [-0.25, -0.2) is 4.79 Å². The van der Waals surface area contributed by atoms with Gasteiger partial charge in [-0.15, -0.1) is 0 Å². The quantitative estimate of drug-likeness (QED) is 0.485. The second-order valence-electron chi connectivity index (χ2n) is 4.22. The highest BCUT2D eigenvalue weighted by Gasteiger charge is 2.12. The van der Waals surface area contributed by atoms with Gasteiger partial charge in [0.2, 0.25) is 0 Å². The minimum Gasteiger partial charge on any atom is -0.507 e. The summed E-state index contributed by atoms with van der Waals surface area (Å²) in [5.74, 6) is 0.221. The van der Waals surface area contributed by atoms with Crippen molar-refractivity contribution in [3.63, 3.8) is 0 Å². The number of aryl methyl sites for hydroxylation is 1. The van der Waals surface area contributed by atoms with Gasteiger partial charge in [-0.05, 0) is 60.7 Å². The number of rotatable bonds is 3. The molecule has 5 nitrogen and oxygen atoms in total. The first-order valence-corrected chi connectivity index (χ1v) is 6.95. The molecule has 0 fully saturated rings. The summed E-state index contributed by atoms with van der Waals surface area (Å²) >= 11 is 2.21. The molecule has 0 unspecified atom stereocenters. The van der Waals surface area contributed by atoms with Crippen LogP contribution in [0.4, 0.5) is 5.69 Å². The Hall–Kier alpha value is -1.83. The maximum atomic E-state index is 11.7. The van der Waals surface area contributed by atoms with E-state index < -0.39 is 5.63 Å². The number of hydrazone groups is 1. The SMILES string of the molecule is C/C(=N\Nc1ccc(I)cc1)c1c(O)cc(C)oc1=O. The third-order valence-corrected chi connectivity index (χ3v) is 3.33. The molecular formula is C14H13IN2O3. The molecule has 20 heavy (non-hydrogen) atoms. The van der Waals surface area contributed by atoms with Gasteiger partial charge in [0.15, 0.2) is 0 Å². The molecule has 104 valence electrons. The Morgan fingerprint density at radius 3 is 2.60 bits per heavy atom. The van der Waals surface area contributed by atoms with Gasteiger partial charge in [-0.2, -0.15) is 5.10 Å². The normalized spacial score (nSPS) is 11.4. The van der Waals surface area contributed by atoms with Crippen LogP contribution >= 0.6 is 22.6 Å². The Labute approximate surface area is 129 Å². The van der Waals surface area contributed by atoms with E-state index in [1.807, 2.05) is 24.3 Å². The lowest BCUT2D eigenvalue weighted by Crippen LogP contribution is -2.14. The van der Waals surface area contributed by atoms with Crippen LogP contribution in [0.15, 0.2) is 44.6 Å². The van der Waals surface area contributed by atoms with Crippen molar-refractivity contribution in [2.24, 2.45) is 5.10 Å². The molecule has 0 amide bonds. The van der Waals surface area contributed by atoms with Crippen LogP contribution in [0.2, 0.25) is 0 Å². The molecule has 2 aromatic rings. The predicted molar refractivity (Wildman–Crippen MR) is 86.4 cm³/mol. The summed E-state index contributed by atoms with van der Waals surface area (Å²) in [5.41, 5.74) is 3.44. The third kappa shape index (κ3) is 3.38. The van der Waals surface area contributed by atoms with Crippen molar-refractivity contribution >= 4 is 34.0 Å². The maximum absolute atomic E-state index is 11.7. The van der Waals surface area contributed by atoms with Gasteiger partial charge in [-0.1, -0.05) is 0 Å². The fraction of sp³-hybridized carbons (Fsp3) is 0.143. The molecule has 6 heteroatoms. The number of nitrogens with zero attached hydrogens (tertiary/aromatic N) is 1. The lowest BCUT2D eigenvalue weighted by atomic mass is 10.2. The Morgan fingerprint density at radius 1 is 1.35 bits per heavy atom. The highest BCUT2D eigenvalue weighted by molar-refractivity contribution is 14.1. The summed E-state index contributed by atoms with van der Waals surface area (Å²) in [6.45, 7) is 3.22. The van der Waals surface area contributed by atoms with Gasteiger partial charge < -0.3 is 9.52 Å². The monoisotopic (exact) mass is 384 g/mol. The van der Waals surface area contributed by atoms with Crippen LogP contribution in [-0.4, -0.2) is 10.8 Å². The van der Waals surface area contributed by atoms with E-state index in [4.69, 9.17) is 4.42 Å². The van der Waals surface area contributed by atoms with Gasteiger partial charge in [0.05, 0.1) is 11.4 Å². The summed E-state index contributed by atoms with van der Waals surface area (Å²) in [7, 11) is 0. The van der Waals surface area contributed by atoms with E-state index in [0.717, 1.165) is 9.26 Å². The second-order valence-corrected chi connectivity index (χ2v) is 5.47. The van der Waals surface area contributed by atoms with E-state index in [-0.39, 0.29) is 11.3 Å². The number of nitrogens with one attached hydrogen (secondary N) is 1. The highest BCUT2D eigenvalue weighted by atomic mass is 127. The lowest BCUT2D eigenvalue weighted by molar-refractivity contribution is 0.432. The summed E-state index contributed by atoms with van der Waals surface area (Å²) in [5, 5.41) is 13.9. The lowest BCUT2D eigenvalue weighted by Gasteiger charge is -2.05. The van der Waals surface area contributed by atoms with Crippen LogP contribution in [0.3, 0.4) is 0 Å². The smallest absolute Gasteiger partial charge is 0.348 e. The molecule has 0 radical (unpaired) electrons. The topological polar surface area (TPSA) is 74.8 Å². The van der Waals surface area contributed by atoms with Crippen LogP contribution in [-0.2, 0) is 0 Å². The first-order valence-electron chi connectivity index (χ1n) is 5.87. The van der Waals surface area contributed by atoms with Crippen molar-refractivity contribution in [1.29, 1.82) is 0 Å². The van der Waals surface area contributed by atoms with Gasteiger partial charge >= 0.3 is 5.63 Å². The van der Waals surface area contributed by atoms with Crippen LogP contribution < -0.4 is 11.1 Å². The highest BCUT2D eigenvalue weighted by Crippen LogP contribution is 2.16. The summed E-state index contributed by atoms with van der Waals surface area (Å²) in [6.07, 6.45) is 0. The average Bonchev–Trinajstić information content (AvgIpc) is 2.37. The Morgan fingerprint density at radius 2 is 2.00 bits per heavy atom. The summed E-state index contributed by atoms with van der Waals surface area (Å²) in [4.78, 5) is 11.7. The molecule has 0 saturated heterocycles. The molecule has 0 saturated carbocycles. The third-order valence-electron chi connectivity index (χ3n) is 2.61. The molecule has 1 heterocycles. The summed E-state index contributed by atoms with van der Waals surface area (Å²) < 4.78 is 6.07. The van der Waals surface area contributed by atoms with Crippen molar-refractivity contribution in [1.82, 2.24) is 0 Å². The Kier molecular flexibility index (Phi) is 4.43. The minimum absolute atomic E-state index is 0.0635. The van der Waals surface area contributed by atoms with Crippen molar-refractivity contribution in [3.8, 4) is 5.75 Å². The molecule has 0 aliphatic heterocycles. The second kappa shape index (κ2) is 6.08. The molecule has 2 N–H and O–H groups in total. The van der Waals surface area contributed by atoms with Crippen LogP contribution in [0.25, 0.3) is 0 Å². The van der Waals surface area contributed by atoms with Crippen molar-refractivity contribution in [2.75, 3.05) is 5.43 Å². The zero-order chi connectivity index (χ0) is 14.7. The molecular weight excluding hydrogens is 371 g/mol. The fourth-order valence-electron chi connectivity index (χ4n) is 1.66. The molecule has 0 atom stereocenters. The first-order chi connectivity index (χ1) is 9.47. The van der Waals surface area contributed by atoms with Gasteiger partial charge in [-0.3, -0.25) is 5.43 Å². The van der Waals surface area contributed by atoms with E-state index in [1.165, 1.54) is 6.07 Å². The van der Waals surface area contributed by atoms with Crippen LogP contribution in [0, 0.1) is 10.5 Å². The van der Waals surface area contributed by atoms with E-state index in [2.05, 4.69) is 33.1 Å². The van der Waals surface area contributed by atoms with E-state index >= 15 is 0 Å². The first kappa shape index (κ1) is 14.6. The molecule has 2 rings (SSSR count). The number of benzene rings is 1. The molecule has 1 aromatic carbocycles. The average molecular weight is 384 g/mol. The van der Waals surface area contributed by atoms with E-state index in [1.54, 1.807) is 13.8 Å². The molecule has 0 aliphatic rings. The number of hydrogen-bond donors (Lipinski definition) is 2. The van der Waals surface area contributed by atoms with E-state index in [0.29, 0.717) is 11.5 Å². The number of anilines is 1. The Balaban J connectivity index is 2.27. The van der Waals surface area contributed by atoms with Crippen LogP contribution in [0.5, 0.6) is 5.75 Å². The van der Waals surface area contributed by atoms with Gasteiger partial charge in [0.1, 0.15) is 17.1 Å². The summed E-state index contributed by atoms with van der Waals surface area (Å²) in [6, 6.07) is 9.00. The largest absolute Gasteiger partial charge is 0.507 e. The molecule has 1 aromatic heterocycles. The van der Waals surface area contributed by atoms with Gasteiger partial charge in [0, 0.05) is 9.64 Å². The molecule has 0 spiro atoms. The zero-order valence-electron chi connectivity index (χ0n) is 11.0. The van der Waals surface area contributed by atoms with Crippen molar-refractivity contribution in [3.05, 3.63) is 55.6 Å².